The number of halogens is 1. The molecule has 0 saturated heterocycles. The van der Waals surface area contributed by atoms with Crippen LogP contribution >= 0.6 is 11.6 Å². The van der Waals surface area contributed by atoms with Crippen LogP contribution in [0.3, 0.4) is 0 Å². The Morgan fingerprint density at radius 2 is 2.14 bits per heavy atom. The topological polar surface area (TPSA) is 22.2 Å². The number of hydrogen-bond donors (Lipinski definition) is 0. The van der Waals surface area contributed by atoms with E-state index < -0.39 is 0 Å². The minimum atomic E-state index is 0.772. The van der Waals surface area contributed by atoms with Gasteiger partial charge in [-0.25, -0.2) is 4.52 Å². The van der Waals surface area contributed by atoms with Crippen LogP contribution in [0.2, 0.25) is 0 Å². The molecule has 0 aliphatic heterocycles. The normalized spacial score (nSPS) is 11.2. The third kappa shape index (κ3) is 1.93. The summed E-state index contributed by atoms with van der Waals surface area (Å²) in [6.07, 6.45) is 9.37. The summed E-state index contributed by atoms with van der Waals surface area (Å²) in [6.45, 7) is 1.05. The quantitative estimate of drug-likeness (QED) is 0.551. The molecule has 76 valence electrons. The number of imidazole rings is 1. The molecule has 2 aromatic rings. The maximum absolute atomic E-state index is 5.62. The van der Waals surface area contributed by atoms with E-state index in [1.54, 1.807) is 0 Å². The first kappa shape index (κ1) is 9.59. The zero-order valence-corrected chi connectivity index (χ0v) is 8.82. The van der Waals surface area contributed by atoms with Gasteiger partial charge in [0.25, 0.3) is 0 Å². The van der Waals surface area contributed by atoms with E-state index in [1.165, 1.54) is 12.8 Å². The Morgan fingerprint density at radius 3 is 3.00 bits per heavy atom. The number of rotatable bonds is 5. The van der Waals surface area contributed by atoms with Crippen LogP contribution in [0.15, 0.2) is 24.7 Å². The first-order chi connectivity index (χ1) is 6.92. The van der Waals surface area contributed by atoms with Gasteiger partial charge in [-0.1, -0.05) is 6.42 Å². The molecule has 0 amide bonds. The number of hydrogen-bond acceptors (Lipinski definition) is 1. The van der Waals surface area contributed by atoms with Crippen LogP contribution in [0.5, 0.6) is 0 Å². The van der Waals surface area contributed by atoms with E-state index in [0.29, 0.717) is 0 Å². The average Bonchev–Trinajstić information content (AvgIpc) is 2.75. The predicted molar refractivity (Wildman–Crippen MR) is 57.8 cm³/mol. The molecule has 0 unspecified atom stereocenters. The lowest BCUT2D eigenvalue weighted by Crippen LogP contribution is -1.96. The van der Waals surface area contributed by atoms with E-state index in [0.717, 1.165) is 24.5 Å². The molecular weight excluding hydrogens is 198 g/mol. The zero-order chi connectivity index (χ0) is 9.80. The second-order valence-corrected chi connectivity index (χ2v) is 3.75. The van der Waals surface area contributed by atoms with Gasteiger partial charge >= 0.3 is 0 Å². The summed E-state index contributed by atoms with van der Waals surface area (Å²) in [6, 6.07) is 2.03. The molecule has 0 aliphatic rings. The zero-order valence-electron chi connectivity index (χ0n) is 8.06. The highest BCUT2D eigenvalue weighted by Crippen LogP contribution is 2.07. The van der Waals surface area contributed by atoms with E-state index in [2.05, 4.69) is 15.9 Å². The minimum absolute atomic E-state index is 0.772. The largest absolute Gasteiger partial charge is 0.331 e. The molecule has 0 N–H and O–H groups in total. The molecule has 0 radical (unpaired) electrons. The molecule has 0 bridgehead atoms. The number of fused-ring (bicyclic) bond motifs is 1. The smallest absolute Gasteiger partial charge is 0.135 e. The fourth-order valence-electron chi connectivity index (χ4n) is 1.61. The molecule has 3 nitrogen and oxygen atoms in total. The Hall–Kier alpha value is -0.960. The average molecular weight is 212 g/mol. The summed E-state index contributed by atoms with van der Waals surface area (Å²) in [4.78, 5) is 0. The fraction of sp³-hybridized carbons (Fsp3) is 0.500. The van der Waals surface area contributed by atoms with Crippen LogP contribution in [-0.2, 0) is 6.54 Å². The molecule has 2 aromatic heterocycles. The Balaban J connectivity index is 1.94. The maximum atomic E-state index is 5.62. The maximum Gasteiger partial charge on any atom is 0.135 e. The SMILES string of the molecule is ClCCCCCn1ccn2nccc12. The molecule has 2 heterocycles. The van der Waals surface area contributed by atoms with E-state index in [9.17, 15) is 0 Å². The highest BCUT2D eigenvalue weighted by molar-refractivity contribution is 6.17. The number of aromatic nitrogens is 3. The minimum Gasteiger partial charge on any atom is -0.331 e. The third-order valence-corrected chi connectivity index (χ3v) is 2.63. The summed E-state index contributed by atoms with van der Waals surface area (Å²) in [5.41, 5.74) is 1.16. The van der Waals surface area contributed by atoms with Crippen molar-refractivity contribution < 1.29 is 0 Å². The molecule has 0 aliphatic carbocycles. The van der Waals surface area contributed by atoms with Gasteiger partial charge in [0.05, 0.1) is 6.20 Å². The Bertz CT molecular complexity index is 391. The summed E-state index contributed by atoms with van der Waals surface area (Å²) in [5, 5.41) is 4.16. The van der Waals surface area contributed by atoms with Gasteiger partial charge in [0.15, 0.2) is 0 Å². The number of alkyl halides is 1. The Morgan fingerprint density at radius 1 is 1.21 bits per heavy atom. The van der Waals surface area contributed by atoms with Gasteiger partial charge in [0.1, 0.15) is 5.65 Å². The molecular formula is C10H14ClN3. The molecule has 4 heteroatoms. The van der Waals surface area contributed by atoms with E-state index in [4.69, 9.17) is 11.6 Å². The number of nitrogens with zero attached hydrogens (tertiary/aromatic N) is 3. The number of aryl methyl sites for hydroxylation is 1. The third-order valence-electron chi connectivity index (χ3n) is 2.36. The van der Waals surface area contributed by atoms with Crippen molar-refractivity contribution in [1.82, 2.24) is 14.2 Å². The van der Waals surface area contributed by atoms with Crippen molar-refractivity contribution in [2.24, 2.45) is 0 Å². The predicted octanol–water partition coefficient (Wildman–Crippen LogP) is 2.54. The molecule has 2 rings (SSSR count). The lowest BCUT2D eigenvalue weighted by atomic mass is 10.2. The van der Waals surface area contributed by atoms with Gasteiger partial charge < -0.3 is 4.57 Å². The lowest BCUT2D eigenvalue weighted by molar-refractivity contribution is 0.616. The first-order valence-corrected chi connectivity index (χ1v) is 5.50. The number of unbranched alkanes of at least 4 members (excludes halogenated alkanes) is 2. The van der Waals surface area contributed by atoms with Crippen molar-refractivity contribution in [3.8, 4) is 0 Å². The van der Waals surface area contributed by atoms with Crippen molar-refractivity contribution in [3.63, 3.8) is 0 Å². The second kappa shape index (κ2) is 4.51. The van der Waals surface area contributed by atoms with Crippen LogP contribution in [-0.4, -0.2) is 20.1 Å². The van der Waals surface area contributed by atoms with Gasteiger partial charge in [-0.2, -0.15) is 5.10 Å². The standard InChI is InChI=1S/C10H14ClN3/c11-5-2-1-3-7-13-8-9-14-10(13)4-6-12-14/h4,6,8-9H,1-3,5,7H2. The second-order valence-electron chi connectivity index (χ2n) is 3.38. The van der Waals surface area contributed by atoms with E-state index in [-0.39, 0.29) is 0 Å². The lowest BCUT2D eigenvalue weighted by Gasteiger charge is -2.01. The van der Waals surface area contributed by atoms with Gasteiger partial charge in [0, 0.05) is 30.9 Å². The molecule has 14 heavy (non-hydrogen) atoms. The van der Waals surface area contributed by atoms with Gasteiger partial charge in [-0.3, -0.25) is 0 Å². The van der Waals surface area contributed by atoms with Crippen molar-refractivity contribution in [1.29, 1.82) is 0 Å². The summed E-state index contributed by atoms with van der Waals surface area (Å²) < 4.78 is 4.11. The summed E-state index contributed by atoms with van der Waals surface area (Å²) in [7, 11) is 0. The molecule has 0 saturated carbocycles. The molecule has 0 spiro atoms. The van der Waals surface area contributed by atoms with Crippen LogP contribution in [0.1, 0.15) is 19.3 Å². The summed E-state index contributed by atoms with van der Waals surface area (Å²) >= 11 is 5.62. The van der Waals surface area contributed by atoms with Crippen LogP contribution in [0, 0.1) is 0 Å². The fourth-order valence-corrected chi connectivity index (χ4v) is 1.80. The van der Waals surface area contributed by atoms with Crippen LogP contribution in [0.4, 0.5) is 0 Å². The van der Waals surface area contributed by atoms with Gasteiger partial charge in [-0.15, -0.1) is 11.6 Å². The van der Waals surface area contributed by atoms with Gasteiger partial charge in [-0.05, 0) is 12.8 Å². The highest BCUT2D eigenvalue weighted by Gasteiger charge is 1.99. The van der Waals surface area contributed by atoms with Crippen LogP contribution in [0.25, 0.3) is 5.65 Å². The van der Waals surface area contributed by atoms with Crippen LogP contribution < -0.4 is 0 Å². The van der Waals surface area contributed by atoms with Crippen molar-refractivity contribution >= 4 is 17.2 Å². The van der Waals surface area contributed by atoms with Crippen molar-refractivity contribution in [3.05, 3.63) is 24.7 Å². The van der Waals surface area contributed by atoms with Crippen molar-refractivity contribution in [2.45, 2.75) is 25.8 Å². The van der Waals surface area contributed by atoms with E-state index in [1.807, 2.05) is 23.0 Å². The van der Waals surface area contributed by atoms with E-state index >= 15 is 0 Å². The Kier molecular flexibility index (Phi) is 3.09. The van der Waals surface area contributed by atoms with Crippen molar-refractivity contribution in [2.75, 3.05) is 5.88 Å². The highest BCUT2D eigenvalue weighted by atomic mass is 35.5. The molecule has 0 fully saturated rings. The monoisotopic (exact) mass is 211 g/mol. The Labute approximate surface area is 88.3 Å². The summed E-state index contributed by atoms with van der Waals surface area (Å²) in [5.74, 6) is 0.772. The van der Waals surface area contributed by atoms with Gasteiger partial charge in [0.2, 0.25) is 0 Å². The first-order valence-electron chi connectivity index (χ1n) is 4.96. The molecule has 0 aromatic carbocycles. The molecule has 0 atom stereocenters.